The van der Waals surface area contributed by atoms with Crippen LogP contribution in [-0.4, -0.2) is 29.7 Å². The van der Waals surface area contributed by atoms with Crippen molar-refractivity contribution in [2.75, 3.05) is 6.61 Å². The zero-order valence-electron chi connectivity index (χ0n) is 9.84. The molecule has 0 aromatic rings. The molecule has 0 amide bonds. The Labute approximate surface area is 105 Å². The zero-order chi connectivity index (χ0) is 12.6. The van der Waals surface area contributed by atoms with Gasteiger partial charge in [0.05, 0.1) is 0 Å². The van der Waals surface area contributed by atoms with E-state index in [0.29, 0.717) is 6.61 Å². The van der Waals surface area contributed by atoms with Crippen LogP contribution in [0.5, 0.6) is 0 Å². The van der Waals surface area contributed by atoms with E-state index in [0.717, 1.165) is 0 Å². The molecule has 0 aromatic heterocycles. The predicted octanol–water partition coefficient (Wildman–Crippen LogP) is 2.73. The molecule has 1 atom stereocenters. The van der Waals surface area contributed by atoms with E-state index in [1.807, 2.05) is 19.6 Å². The van der Waals surface area contributed by atoms with Crippen LogP contribution in [0.25, 0.3) is 0 Å². The second-order valence-corrected chi connectivity index (χ2v) is 16.5. The molecule has 0 saturated heterocycles. The van der Waals surface area contributed by atoms with Crippen molar-refractivity contribution in [2.24, 2.45) is 0 Å². The first kappa shape index (κ1) is 13.7. The van der Waals surface area contributed by atoms with Gasteiger partial charge in [-0.25, -0.2) is 0 Å². The number of ether oxygens (including phenoxy) is 1. The summed E-state index contributed by atoms with van der Waals surface area (Å²) in [5, 5.41) is 0. The van der Waals surface area contributed by atoms with Gasteiger partial charge in [0.15, 0.2) is 0 Å². The Kier molecular flexibility index (Phi) is 3.31. The number of carbonyl (C=O) groups excluding carboxylic acids is 2. The van der Waals surface area contributed by atoms with Crippen molar-refractivity contribution in [3.05, 3.63) is 12.2 Å². The molecule has 0 aliphatic carbocycles. The van der Waals surface area contributed by atoms with Crippen LogP contribution >= 0.6 is 22.7 Å². The summed E-state index contributed by atoms with van der Waals surface area (Å²) >= 11 is 12.8. The van der Waals surface area contributed by atoms with Gasteiger partial charge in [0.1, 0.15) is 0 Å². The van der Waals surface area contributed by atoms with E-state index in [9.17, 15) is 4.79 Å². The number of hydrogen-bond acceptors (Lipinski definition) is 2. The summed E-state index contributed by atoms with van der Waals surface area (Å²) in [4.78, 5) is 11.4. The molecule has 1 aliphatic heterocycles. The maximum atomic E-state index is 11.4. The maximum absolute atomic E-state index is 11.4. The molecule has 6 heteroatoms. The van der Waals surface area contributed by atoms with E-state index in [2.05, 4.69) is 0 Å². The molecule has 1 unspecified atom stereocenters. The van der Waals surface area contributed by atoms with Crippen molar-refractivity contribution in [1.29, 1.82) is 0 Å². The monoisotopic (exact) mass is 282 g/mol. The third-order valence-electron chi connectivity index (χ3n) is 2.34. The van der Waals surface area contributed by atoms with Gasteiger partial charge in [-0.15, -0.1) is 0 Å². The van der Waals surface area contributed by atoms with E-state index in [1.54, 1.807) is 13.0 Å². The molecule has 0 N–H and O–H groups in total. The van der Waals surface area contributed by atoms with Crippen molar-refractivity contribution in [3.8, 4) is 0 Å². The van der Waals surface area contributed by atoms with Gasteiger partial charge in [-0.1, -0.05) is 0 Å². The normalized spacial score (nSPS) is 27.1. The number of alkyl halides is 1. The van der Waals surface area contributed by atoms with Crippen LogP contribution in [0.2, 0.25) is 19.6 Å². The third kappa shape index (κ3) is 2.50. The van der Waals surface area contributed by atoms with Gasteiger partial charge in [-0.3, -0.25) is 0 Å². The molecule has 0 radical (unpaired) electrons. The van der Waals surface area contributed by atoms with E-state index < -0.39 is 17.3 Å². The summed E-state index contributed by atoms with van der Waals surface area (Å²) in [6.45, 7) is 4.69. The number of hydrogen-bond donors (Lipinski definition) is 0. The Morgan fingerprint density at radius 1 is 1.56 bits per heavy atom. The molecule has 0 fully saturated rings. The Bertz CT molecular complexity index is 372. The number of rotatable bonds is 3. The first-order valence-corrected chi connectivity index (χ1v) is 10.5. The van der Waals surface area contributed by atoms with Gasteiger partial charge in [0, 0.05) is 0 Å². The molecular formula is C10H16Cl2O3Si. The quantitative estimate of drug-likeness (QED) is 0.199. The fraction of sp³-hybridized carbons (Fsp3) is 0.600. The summed E-state index contributed by atoms with van der Waals surface area (Å²) in [7, 11) is 0. The van der Waals surface area contributed by atoms with Gasteiger partial charge in [-0.05, 0) is 0 Å². The number of halogens is 2. The second-order valence-electron chi connectivity index (χ2n) is 5.08. The molecule has 92 valence electrons. The average molecular weight is 283 g/mol. The minimum absolute atomic E-state index is 0.114. The van der Waals surface area contributed by atoms with Crippen molar-refractivity contribution in [2.45, 2.75) is 31.2 Å². The fourth-order valence-corrected chi connectivity index (χ4v) is 2.73. The van der Waals surface area contributed by atoms with Gasteiger partial charge in [0.2, 0.25) is 0 Å². The minimum atomic E-state index is -2.98. The third-order valence-corrected chi connectivity index (χ3v) is 8.23. The second kappa shape index (κ2) is 3.86. The van der Waals surface area contributed by atoms with Crippen molar-refractivity contribution >= 4 is 41.1 Å². The first-order valence-electron chi connectivity index (χ1n) is 5.10. The molecule has 1 aliphatic rings. The van der Waals surface area contributed by atoms with Crippen LogP contribution in [0.15, 0.2) is 12.2 Å². The average Bonchev–Trinajstić information content (AvgIpc) is 2.47. The van der Waals surface area contributed by atoms with Crippen LogP contribution in [-0.2, 0) is 14.0 Å². The summed E-state index contributed by atoms with van der Waals surface area (Å²) < 4.78 is 9.18. The SMILES string of the molecule is CCOC(=O)C1=[O+]C(Cl)([Si-](C)(C)(C)Cl)C=C1. The number of esters is 1. The number of carbonyl (C=O) groups is 1. The van der Waals surface area contributed by atoms with Crippen LogP contribution in [0.4, 0.5) is 0 Å². The molecule has 0 bridgehead atoms. The molecule has 3 nitrogen and oxygen atoms in total. The molecule has 1 rings (SSSR count). The Hall–Kier alpha value is -0.323. The van der Waals surface area contributed by atoms with E-state index >= 15 is 0 Å². The molecule has 16 heavy (non-hydrogen) atoms. The van der Waals surface area contributed by atoms with Crippen LogP contribution < -0.4 is 0 Å². The Morgan fingerprint density at radius 3 is 2.50 bits per heavy atom. The molecule has 0 aromatic carbocycles. The van der Waals surface area contributed by atoms with Gasteiger partial charge in [-0.2, -0.15) is 0 Å². The van der Waals surface area contributed by atoms with Crippen LogP contribution in [0, 0.1) is 0 Å². The van der Waals surface area contributed by atoms with Gasteiger partial charge >= 0.3 is 105 Å². The van der Waals surface area contributed by atoms with Gasteiger partial charge < -0.3 is 0 Å². The Morgan fingerprint density at radius 2 is 2.12 bits per heavy atom. The van der Waals surface area contributed by atoms with Crippen LogP contribution in [0.3, 0.4) is 0 Å². The first-order chi connectivity index (χ1) is 7.06. The molecule has 1 heterocycles. The van der Waals surface area contributed by atoms with Crippen molar-refractivity contribution in [3.63, 3.8) is 0 Å². The van der Waals surface area contributed by atoms with Crippen LogP contribution in [0.1, 0.15) is 6.92 Å². The Balaban J connectivity index is 3.02. The zero-order valence-corrected chi connectivity index (χ0v) is 12.4. The van der Waals surface area contributed by atoms with E-state index in [1.165, 1.54) is 6.08 Å². The summed E-state index contributed by atoms with van der Waals surface area (Å²) in [6, 6.07) is 0. The molecule has 0 spiro atoms. The topological polar surface area (TPSA) is 37.6 Å². The number of ketones is 1. The van der Waals surface area contributed by atoms with E-state index in [4.69, 9.17) is 31.8 Å². The van der Waals surface area contributed by atoms with Crippen molar-refractivity contribution < 1.29 is 14.0 Å². The van der Waals surface area contributed by atoms with E-state index in [-0.39, 0.29) is 5.78 Å². The fourth-order valence-electron chi connectivity index (χ4n) is 1.18. The van der Waals surface area contributed by atoms with Crippen molar-refractivity contribution in [1.82, 2.24) is 0 Å². The molecular weight excluding hydrogens is 267 g/mol. The summed E-state index contributed by atoms with van der Waals surface area (Å²) in [6.07, 6.45) is 3.15. The van der Waals surface area contributed by atoms with Gasteiger partial charge in [0.25, 0.3) is 0 Å². The standard InChI is InChI=1S/C10H16Cl2O3Si/c1-5-14-9(13)8-6-7-10(11,15-8)16(2,3,4)12/h6-7H,5H2,1-4H3. The summed E-state index contributed by atoms with van der Waals surface area (Å²) in [5.74, 6) is -0.398. The summed E-state index contributed by atoms with van der Waals surface area (Å²) in [5.41, 5.74) is 0. The molecule has 0 saturated carbocycles. The predicted molar refractivity (Wildman–Crippen MR) is 68.6 cm³/mol.